The van der Waals surface area contributed by atoms with Crippen molar-refractivity contribution in [1.82, 2.24) is 24.6 Å². The number of carbonyl (C=O) groups is 1. The van der Waals surface area contributed by atoms with Crippen LogP contribution in [0.25, 0.3) is 0 Å². The fraction of sp³-hybridized carbons (Fsp3) is 0.769. The van der Waals surface area contributed by atoms with E-state index >= 15 is 0 Å². The second kappa shape index (κ2) is 4.92. The van der Waals surface area contributed by atoms with Crippen LogP contribution in [-0.2, 0) is 17.8 Å². The molecule has 1 fully saturated rings. The molecule has 0 radical (unpaired) electrons. The summed E-state index contributed by atoms with van der Waals surface area (Å²) in [4.78, 5) is 16.0. The summed E-state index contributed by atoms with van der Waals surface area (Å²) in [5, 5.41) is 8.72. The molecule has 0 N–H and O–H groups in total. The molecule has 6 heteroatoms. The lowest BCUT2D eigenvalue weighted by Crippen LogP contribution is -2.30. The smallest absolute Gasteiger partial charge is 0.220 e. The van der Waals surface area contributed by atoms with Crippen LogP contribution >= 0.6 is 0 Å². The summed E-state index contributed by atoms with van der Waals surface area (Å²) in [7, 11) is 2.14. The van der Waals surface area contributed by atoms with Gasteiger partial charge in [-0.1, -0.05) is 0 Å². The Morgan fingerprint density at radius 3 is 2.84 bits per heavy atom. The standard InChI is InChI=1S/C13H21N5O/c1-10(19)17-6-3-4-11(17)13-15-14-12-5-7-16(2)8-9-18(12)13/h11H,3-9H2,1-2H3/t11-/m0/s1. The first-order chi connectivity index (χ1) is 9.16. The van der Waals surface area contributed by atoms with E-state index in [1.165, 1.54) is 0 Å². The fourth-order valence-corrected chi connectivity index (χ4v) is 3.11. The molecule has 1 aromatic heterocycles. The van der Waals surface area contributed by atoms with E-state index in [0.717, 1.165) is 57.1 Å². The van der Waals surface area contributed by atoms with E-state index in [1.54, 1.807) is 6.92 Å². The van der Waals surface area contributed by atoms with Gasteiger partial charge in [-0.15, -0.1) is 10.2 Å². The van der Waals surface area contributed by atoms with Crippen LogP contribution in [-0.4, -0.2) is 57.2 Å². The highest BCUT2D eigenvalue weighted by molar-refractivity contribution is 5.74. The Morgan fingerprint density at radius 2 is 2.05 bits per heavy atom. The molecule has 0 saturated carbocycles. The zero-order valence-corrected chi connectivity index (χ0v) is 11.7. The van der Waals surface area contributed by atoms with Gasteiger partial charge < -0.3 is 14.4 Å². The third-order valence-electron chi connectivity index (χ3n) is 4.23. The van der Waals surface area contributed by atoms with E-state index in [-0.39, 0.29) is 11.9 Å². The molecule has 0 aromatic carbocycles. The molecule has 104 valence electrons. The molecule has 0 unspecified atom stereocenters. The first-order valence-corrected chi connectivity index (χ1v) is 7.04. The lowest BCUT2D eigenvalue weighted by molar-refractivity contribution is -0.129. The van der Waals surface area contributed by atoms with Crippen molar-refractivity contribution >= 4 is 5.91 Å². The lowest BCUT2D eigenvalue weighted by Gasteiger charge is -2.23. The molecular formula is C13H21N5O. The quantitative estimate of drug-likeness (QED) is 0.738. The Hall–Kier alpha value is -1.43. The van der Waals surface area contributed by atoms with Crippen molar-refractivity contribution in [3.05, 3.63) is 11.6 Å². The second-order valence-electron chi connectivity index (χ2n) is 5.55. The topological polar surface area (TPSA) is 54.3 Å². The minimum atomic E-state index is 0.127. The van der Waals surface area contributed by atoms with Crippen molar-refractivity contribution in [2.24, 2.45) is 0 Å². The molecule has 1 saturated heterocycles. The van der Waals surface area contributed by atoms with Crippen molar-refractivity contribution < 1.29 is 4.79 Å². The zero-order chi connectivity index (χ0) is 13.4. The molecule has 1 amide bonds. The SMILES string of the molecule is CC(=O)N1CCC[C@H]1c1nnc2n1CCN(C)CC2. The van der Waals surface area contributed by atoms with Gasteiger partial charge in [0.15, 0.2) is 5.82 Å². The number of carbonyl (C=O) groups excluding carboxylic acids is 1. The van der Waals surface area contributed by atoms with Crippen LogP contribution in [0.2, 0.25) is 0 Å². The number of likely N-dealkylation sites (tertiary alicyclic amines) is 1. The Balaban J connectivity index is 1.90. The Morgan fingerprint density at radius 1 is 1.21 bits per heavy atom. The van der Waals surface area contributed by atoms with Crippen LogP contribution in [0.1, 0.15) is 37.5 Å². The molecule has 3 heterocycles. The monoisotopic (exact) mass is 263 g/mol. The molecule has 2 aliphatic rings. The van der Waals surface area contributed by atoms with E-state index in [2.05, 4.69) is 26.7 Å². The highest BCUT2D eigenvalue weighted by Crippen LogP contribution is 2.31. The molecule has 19 heavy (non-hydrogen) atoms. The molecule has 2 aliphatic heterocycles. The maximum Gasteiger partial charge on any atom is 0.220 e. The Bertz CT molecular complexity index is 483. The van der Waals surface area contributed by atoms with Crippen LogP contribution in [0.5, 0.6) is 0 Å². The highest BCUT2D eigenvalue weighted by atomic mass is 16.2. The van der Waals surface area contributed by atoms with Crippen molar-refractivity contribution in [1.29, 1.82) is 0 Å². The van der Waals surface area contributed by atoms with Gasteiger partial charge in [0.25, 0.3) is 0 Å². The predicted molar refractivity (Wildman–Crippen MR) is 70.6 cm³/mol. The highest BCUT2D eigenvalue weighted by Gasteiger charge is 2.32. The molecule has 6 nitrogen and oxygen atoms in total. The third-order valence-corrected chi connectivity index (χ3v) is 4.23. The van der Waals surface area contributed by atoms with E-state index in [4.69, 9.17) is 0 Å². The average molecular weight is 263 g/mol. The van der Waals surface area contributed by atoms with E-state index < -0.39 is 0 Å². The molecule has 3 rings (SSSR count). The third kappa shape index (κ3) is 2.25. The summed E-state index contributed by atoms with van der Waals surface area (Å²) in [5.41, 5.74) is 0. The maximum absolute atomic E-state index is 11.7. The fourth-order valence-electron chi connectivity index (χ4n) is 3.11. The van der Waals surface area contributed by atoms with E-state index in [0.29, 0.717) is 0 Å². The summed E-state index contributed by atoms with van der Waals surface area (Å²) < 4.78 is 2.23. The number of nitrogens with zero attached hydrogens (tertiary/aromatic N) is 5. The van der Waals surface area contributed by atoms with Crippen LogP contribution in [0.3, 0.4) is 0 Å². The van der Waals surface area contributed by atoms with E-state index in [1.807, 2.05) is 4.90 Å². The number of aromatic nitrogens is 3. The van der Waals surface area contributed by atoms with Gasteiger partial charge >= 0.3 is 0 Å². The predicted octanol–water partition coefficient (Wildman–Crippen LogP) is 0.449. The minimum absolute atomic E-state index is 0.127. The number of amides is 1. The van der Waals surface area contributed by atoms with E-state index in [9.17, 15) is 4.79 Å². The van der Waals surface area contributed by atoms with Gasteiger partial charge in [-0.3, -0.25) is 4.79 Å². The molecular weight excluding hydrogens is 242 g/mol. The van der Waals surface area contributed by atoms with Gasteiger partial charge in [0, 0.05) is 39.5 Å². The van der Waals surface area contributed by atoms with Gasteiger partial charge in [0.05, 0.1) is 6.04 Å². The van der Waals surface area contributed by atoms with Crippen LogP contribution in [0, 0.1) is 0 Å². The molecule has 1 atom stereocenters. The molecule has 0 spiro atoms. The van der Waals surface area contributed by atoms with Gasteiger partial charge in [0.2, 0.25) is 5.91 Å². The van der Waals surface area contributed by atoms with Gasteiger partial charge in [-0.25, -0.2) is 0 Å². The normalized spacial score (nSPS) is 24.3. The first-order valence-electron chi connectivity index (χ1n) is 7.04. The number of rotatable bonds is 1. The summed E-state index contributed by atoms with van der Waals surface area (Å²) in [6.45, 7) is 5.47. The first kappa shape index (κ1) is 12.6. The summed E-state index contributed by atoms with van der Waals surface area (Å²) in [5.74, 6) is 2.19. The summed E-state index contributed by atoms with van der Waals surface area (Å²) >= 11 is 0. The Kier molecular flexibility index (Phi) is 3.26. The summed E-state index contributed by atoms with van der Waals surface area (Å²) in [6, 6.07) is 0.127. The largest absolute Gasteiger partial charge is 0.333 e. The molecule has 0 aliphatic carbocycles. The number of hydrogen-bond acceptors (Lipinski definition) is 4. The molecule has 0 bridgehead atoms. The van der Waals surface area contributed by atoms with Crippen molar-refractivity contribution in [3.8, 4) is 0 Å². The Labute approximate surface area is 113 Å². The van der Waals surface area contributed by atoms with Crippen LogP contribution in [0.15, 0.2) is 0 Å². The van der Waals surface area contributed by atoms with Crippen molar-refractivity contribution in [3.63, 3.8) is 0 Å². The minimum Gasteiger partial charge on any atom is -0.333 e. The van der Waals surface area contributed by atoms with Gasteiger partial charge in [-0.05, 0) is 19.9 Å². The second-order valence-corrected chi connectivity index (χ2v) is 5.55. The van der Waals surface area contributed by atoms with Crippen molar-refractivity contribution in [2.45, 2.75) is 38.8 Å². The van der Waals surface area contributed by atoms with Gasteiger partial charge in [-0.2, -0.15) is 0 Å². The van der Waals surface area contributed by atoms with Crippen LogP contribution in [0.4, 0.5) is 0 Å². The van der Waals surface area contributed by atoms with Crippen LogP contribution < -0.4 is 0 Å². The number of hydrogen-bond donors (Lipinski definition) is 0. The van der Waals surface area contributed by atoms with Crippen molar-refractivity contribution in [2.75, 3.05) is 26.7 Å². The van der Waals surface area contributed by atoms with Gasteiger partial charge in [0.1, 0.15) is 5.82 Å². The lowest BCUT2D eigenvalue weighted by atomic mass is 10.2. The maximum atomic E-state index is 11.7. The zero-order valence-electron chi connectivity index (χ0n) is 11.7. The summed E-state index contributed by atoms with van der Waals surface area (Å²) in [6.07, 6.45) is 3.01. The number of likely N-dealkylation sites (N-methyl/N-ethyl adjacent to an activating group) is 1. The number of fused-ring (bicyclic) bond motifs is 1. The average Bonchev–Trinajstić information content (AvgIpc) is 2.96. The molecule has 1 aromatic rings.